The molecule has 0 aliphatic heterocycles. The van der Waals surface area contributed by atoms with Gasteiger partial charge in [0.25, 0.3) is 5.91 Å². The first-order valence-corrected chi connectivity index (χ1v) is 8.17. The molecule has 0 unspecified atom stereocenters. The summed E-state index contributed by atoms with van der Waals surface area (Å²) < 4.78 is 10.8. The molecule has 3 aromatic rings. The number of carbonyl (C=O) groups is 2. The van der Waals surface area contributed by atoms with Crippen molar-refractivity contribution in [3.63, 3.8) is 0 Å². The van der Waals surface area contributed by atoms with Crippen molar-refractivity contribution < 1.29 is 19.1 Å². The third kappa shape index (κ3) is 3.80. The maximum Gasteiger partial charge on any atom is 0.338 e. The summed E-state index contributed by atoms with van der Waals surface area (Å²) in [6.07, 6.45) is 1.52. The standard InChI is InChI=1S/C20H18N2O4/c1-3-25-20(24)15-5-4-14-11-16(7-6-13(14)10-15)26-17-8-9-22-18(12-17)19(23)21-2/h4-12H,3H2,1-2H3,(H,21,23). The van der Waals surface area contributed by atoms with E-state index in [1.165, 1.54) is 6.20 Å². The molecular formula is C20H18N2O4. The number of hydrogen-bond donors (Lipinski definition) is 1. The van der Waals surface area contributed by atoms with Gasteiger partial charge < -0.3 is 14.8 Å². The second-order valence-corrected chi connectivity index (χ2v) is 5.50. The van der Waals surface area contributed by atoms with Gasteiger partial charge >= 0.3 is 5.97 Å². The minimum Gasteiger partial charge on any atom is -0.462 e. The molecule has 0 spiro atoms. The van der Waals surface area contributed by atoms with Crippen molar-refractivity contribution >= 4 is 22.6 Å². The fourth-order valence-corrected chi connectivity index (χ4v) is 2.49. The number of nitrogens with one attached hydrogen (secondary N) is 1. The van der Waals surface area contributed by atoms with E-state index in [4.69, 9.17) is 9.47 Å². The van der Waals surface area contributed by atoms with Crippen LogP contribution in [-0.4, -0.2) is 30.5 Å². The lowest BCUT2D eigenvalue weighted by Gasteiger charge is -2.09. The first kappa shape index (κ1) is 17.4. The molecule has 0 atom stereocenters. The highest BCUT2D eigenvalue weighted by molar-refractivity contribution is 5.95. The predicted octanol–water partition coefficient (Wildman–Crippen LogP) is 3.56. The maximum atomic E-state index is 11.8. The number of benzene rings is 2. The largest absolute Gasteiger partial charge is 0.462 e. The Balaban J connectivity index is 1.84. The zero-order valence-electron chi connectivity index (χ0n) is 14.5. The molecule has 2 aromatic carbocycles. The number of esters is 1. The summed E-state index contributed by atoms with van der Waals surface area (Å²) in [4.78, 5) is 27.5. The van der Waals surface area contributed by atoms with E-state index in [9.17, 15) is 9.59 Å². The SMILES string of the molecule is CCOC(=O)c1ccc2cc(Oc3ccnc(C(=O)NC)c3)ccc2c1. The molecule has 0 bridgehead atoms. The Labute approximate surface area is 150 Å². The summed E-state index contributed by atoms with van der Waals surface area (Å²) in [6.45, 7) is 2.12. The zero-order valence-corrected chi connectivity index (χ0v) is 14.5. The predicted molar refractivity (Wildman–Crippen MR) is 97.6 cm³/mol. The van der Waals surface area contributed by atoms with Gasteiger partial charge in [0.15, 0.2) is 0 Å². The Morgan fingerprint density at radius 1 is 1.00 bits per heavy atom. The minimum absolute atomic E-state index is 0.277. The van der Waals surface area contributed by atoms with Crippen LogP contribution in [0.25, 0.3) is 10.8 Å². The fraction of sp³-hybridized carbons (Fsp3) is 0.150. The number of rotatable bonds is 5. The summed E-state index contributed by atoms with van der Waals surface area (Å²) in [5.41, 5.74) is 0.794. The van der Waals surface area contributed by atoms with Crippen molar-refractivity contribution in [2.45, 2.75) is 6.92 Å². The monoisotopic (exact) mass is 350 g/mol. The van der Waals surface area contributed by atoms with Gasteiger partial charge in [0.2, 0.25) is 0 Å². The Kier molecular flexibility index (Phi) is 5.12. The molecule has 6 nitrogen and oxygen atoms in total. The first-order valence-electron chi connectivity index (χ1n) is 8.17. The molecule has 0 saturated carbocycles. The molecule has 6 heteroatoms. The van der Waals surface area contributed by atoms with Crippen LogP contribution in [0.4, 0.5) is 0 Å². The lowest BCUT2D eigenvalue weighted by molar-refractivity contribution is 0.0526. The van der Waals surface area contributed by atoms with Crippen LogP contribution < -0.4 is 10.1 Å². The Bertz CT molecular complexity index is 969. The normalized spacial score (nSPS) is 10.4. The number of pyridine rings is 1. The van der Waals surface area contributed by atoms with E-state index in [0.717, 1.165) is 10.8 Å². The average molecular weight is 350 g/mol. The average Bonchev–Trinajstić information content (AvgIpc) is 2.67. The van der Waals surface area contributed by atoms with Crippen LogP contribution in [0.2, 0.25) is 0 Å². The molecule has 0 aliphatic rings. The summed E-state index contributed by atoms with van der Waals surface area (Å²) in [7, 11) is 1.55. The molecule has 1 heterocycles. The van der Waals surface area contributed by atoms with Gasteiger partial charge in [0.05, 0.1) is 12.2 Å². The van der Waals surface area contributed by atoms with E-state index in [2.05, 4.69) is 10.3 Å². The number of ether oxygens (including phenoxy) is 2. The van der Waals surface area contributed by atoms with E-state index in [1.54, 1.807) is 44.3 Å². The summed E-state index contributed by atoms with van der Waals surface area (Å²) in [6, 6.07) is 14.1. The van der Waals surface area contributed by atoms with Crippen molar-refractivity contribution in [2.24, 2.45) is 0 Å². The molecule has 1 N–H and O–H groups in total. The van der Waals surface area contributed by atoms with Crippen LogP contribution in [0.5, 0.6) is 11.5 Å². The minimum atomic E-state index is -0.340. The van der Waals surface area contributed by atoms with Gasteiger partial charge in [-0.3, -0.25) is 9.78 Å². The summed E-state index contributed by atoms with van der Waals surface area (Å²) in [5, 5.41) is 4.36. The molecule has 1 aromatic heterocycles. The Morgan fingerprint density at radius 3 is 2.50 bits per heavy atom. The van der Waals surface area contributed by atoms with Crippen molar-refractivity contribution in [3.05, 3.63) is 66.0 Å². The zero-order chi connectivity index (χ0) is 18.5. The summed E-state index contributed by atoms with van der Waals surface area (Å²) in [5.74, 6) is 0.519. The second-order valence-electron chi connectivity index (χ2n) is 5.50. The molecule has 1 amide bonds. The number of hydrogen-bond acceptors (Lipinski definition) is 5. The van der Waals surface area contributed by atoms with Crippen LogP contribution in [0.3, 0.4) is 0 Å². The van der Waals surface area contributed by atoms with Crippen LogP contribution in [-0.2, 0) is 4.74 Å². The van der Waals surface area contributed by atoms with Crippen LogP contribution in [0.15, 0.2) is 54.7 Å². The van der Waals surface area contributed by atoms with Crippen molar-refractivity contribution in [1.29, 1.82) is 0 Å². The number of carbonyl (C=O) groups excluding carboxylic acids is 2. The van der Waals surface area contributed by atoms with E-state index >= 15 is 0 Å². The van der Waals surface area contributed by atoms with E-state index < -0.39 is 0 Å². The third-order valence-corrected chi connectivity index (χ3v) is 3.75. The van der Waals surface area contributed by atoms with Crippen molar-refractivity contribution in [3.8, 4) is 11.5 Å². The van der Waals surface area contributed by atoms with Gasteiger partial charge in [-0.2, -0.15) is 0 Å². The highest BCUT2D eigenvalue weighted by atomic mass is 16.5. The first-order chi connectivity index (χ1) is 12.6. The maximum absolute atomic E-state index is 11.8. The van der Waals surface area contributed by atoms with Crippen LogP contribution in [0, 0.1) is 0 Å². The van der Waals surface area contributed by atoms with E-state index in [1.807, 2.05) is 18.2 Å². The van der Waals surface area contributed by atoms with Gasteiger partial charge in [-0.25, -0.2) is 4.79 Å². The second kappa shape index (κ2) is 7.65. The van der Waals surface area contributed by atoms with E-state index in [-0.39, 0.29) is 17.6 Å². The quantitative estimate of drug-likeness (QED) is 0.712. The number of amides is 1. The number of aromatic nitrogens is 1. The van der Waals surface area contributed by atoms with E-state index in [0.29, 0.717) is 23.7 Å². The topological polar surface area (TPSA) is 77.5 Å². The fourth-order valence-electron chi connectivity index (χ4n) is 2.49. The number of nitrogens with zero attached hydrogens (tertiary/aromatic N) is 1. The lowest BCUT2D eigenvalue weighted by atomic mass is 10.1. The highest BCUT2D eigenvalue weighted by Crippen LogP contribution is 2.26. The molecule has 0 aliphatic carbocycles. The Morgan fingerprint density at radius 2 is 1.73 bits per heavy atom. The molecular weight excluding hydrogens is 332 g/mol. The summed E-state index contributed by atoms with van der Waals surface area (Å²) >= 11 is 0. The van der Waals surface area contributed by atoms with Gasteiger partial charge in [0, 0.05) is 19.3 Å². The third-order valence-electron chi connectivity index (χ3n) is 3.75. The highest BCUT2D eigenvalue weighted by Gasteiger charge is 2.09. The molecule has 0 radical (unpaired) electrons. The van der Waals surface area contributed by atoms with Crippen LogP contribution >= 0.6 is 0 Å². The van der Waals surface area contributed by atoms with Crippen LogP contribution in [0.1, 0.15) is 27.8 Å². The smallest absolute Gasteiger partial charge is 0.338 e. The van der Waals surface area contributed by atoms with Gasteiger partial charge in [-0.05, 0) is 48.0 Å². The molecule has 3 rings (SSSR count). The molecule has 0 saturated heterocycles. The Hall–Kier alpha value is -3.41. The molecule has 26 heavy (non-hydrogen) atoms. The molecule has 132 valence electrons. The van der Waals surface area contributed by atoms with Crippen molar-refractivity contribution in [2.75, 3.05) is 13.7 Å². The van der Waals surface area contributed by atoms with Crippen molar-refractivity contribution in [1.82, 2.24) is 10.3 Å². The lowest BCUT2D eigenvalue weighted by Crippen LogP contribution is -2.18. The number of fused-ring (bicyclic) bond motifs is 1. The van der Waals surface area contributed by atoms with Gasteiger partial charge in [0.1, 0.15) is 17.2 Å². The van der Waals surface area contributed by atoms with Gasteiger partial charge in [-0.15, -0.1) is 0 Å². The van der Waals surface area contributed by atoms with Gasteiger partial charge in [-0.1, -0.05) is 12.1 Å². The molecule has 0 fully saturated rings.